The van der Waals surface area contributed by atoms with Crippen LogP contribution in [-0.4, -0.2) is 12.7 Å². The third kappa shape index (κ3) is 1.45. The maximum Gasteiger partial charge on any atom is 0.183 e. The third-order valence-electron chi connectivity index (χ3n) is 1.41. The minimum atomic E-state index is 0.820. The summed E-state index contributed by atoms with van der Waals surface area (Å²) in [6.45, 7) is 0. The van der Waals surface area contributed by atoms with Crippen LogP contribution in [-0.2, 0) is 0 Å². The molecule has 0 aliphatic heterocycles. The SMILES string of the molecule is Ic1ccnc2nc(I)n(I)c12. The van der Waals surface area contributed by atoms with E-state index in [1.165, 1.54) is 3.57 Å². The summed E-state index contributed by atoms with van der Waals surface area (Å²) in [7, 11) is 0. The molecule has 2 aromatic heterocycles. The number of halogens is 3. The molecule has 0 aliphatic carbocycles. The van der Waals surface area contributed by atoms with Crippen LogP contribution in [0, 0.1) is 7.40 Å². The molecule has 0 unspecified atom stereocenters. The van der Waals surface area contributed by atoms with E-state index < -0.39 is 0 Å². The highest BCUT2D eigenvalue weighted by atomic mass is 127. The summed E-state index contributed by atoms with van der Waals surface area (Å²) in [6.07, 6.45) is 1.78. The second-order valence-electron chi connectivity index (χ2n) is 2.13. The maximum atomic E-state index is 4.30. The lowest BCUT2D eigenvalue weighted by Gasteiger charge is -1.94. The van der Waals surface area contributed by atoms with Gasteiger partial charge in [0.05, 0.1) is 22.9 Å². The second kappa shape index (κ2) is 3.52. The van der Waals surface area contributed by atoms with Gasteiger partial charge in [-0.1, -0.05) is 0 Å². The molecule has 0 aliphatic rings. The van der Waals surface area contributed by atoms with Gasteiger partial charge >= 0.3 is 0 Å². The smallest absolute Gasteiger partial charge is 0.183 e. The Morgan fingerprint density at radius 2 is 2.08 bits per heavy atom. The molecular weight excluding hydrogens is 495 g/mol. The van der Waals surface area contributed by atoms with Crippen LogP contribution in [0.25, 0.3) is 11.2 Å². The largest absolute Gasteiger partial charge is 0.257 e. The monoisotopic (exact) mass is 497 g/mol. The fourth-order valence-electron chi connectivity index (χ4n) is 0.907. The lowest BCUT2D eigenvalue weighted by Crippen LogP contribution is -1.84. The van der Waals surface area contributed by atoms with E-state index in [1.807, 2.05) is 8.85 Å². The van der Waals surface area contributed by atoms with Crippen molar-refractivity contribution in [3.63, 3.8) is 0 Å². The molecule has 0 aromatic carbocycles. The van der Waals surface area contributed by atoms with Gasteiger partial charge in [-0.2, -0.15) is 0 Å². The Labute approximate surface area is 110 Å². The Morgan fingerprint density at radius 1 is 1.33 bits per heavy atom. The van der Waals surface area contributed by atoms with Crippen LogP contribution in [0.4, 0.5) is 0 Å². The van der Waals surface area contributed by atoms with E-state index in [2.05, 4.69) is 78.0 Å². The van der Waals surface area contributed by atoms with E-state index in [0.717, 1.165) is 15.0 Å². The molecule has 0 saturated carbocycles. The third-order valence-corrected chi connectivity index (χ3v) is 4.87. The number of pyridine rings is 1. The highest BCUT2D eigenvalue weighted by Crippen LogP contribution is 2.22. The number of aromatic nitrogens is 3. The molecule has 0 saturated heterocycles. The Hall–Kier alpha value is 0.810. The summed E-state index contributed by atoms with van der Waals surface area (Å²) in [6, 6.07) is 1.98. The van der Waals surface area contributed by atoms with Gasteiger partial charge < -0.3 is 0 Å². The van der Waals surface area contributed by atoms with E-state index in [0.29, 0.717) is 0 Å². The predicted octanol–water partition coefficient (Wildman–Crippen LogP) is 2.84. The van der Waals surface area contributed by atoms with Crippen LogP contribution in [0.1, 0.15) is 0 Å². The van der Waals surface area contributed by atoms with Gasteiger partial charge in [0.2, 0.25) is 0 Å². The van der Waals surface area contributed by atoms with E-state index in [4.69, 9.17) is 0 Å². The van der Waals surface area contributed by atoms with Gasteiger partial charge in [0.1, 0.15) is 5.52 Å². The topological polar surface area (TPSA) is 30.7 Å². The molecule has 0 atom stereocenters. The van der Waals surface area contributed by atoms with Gasteiger partial charge in [0, 0.05) is 32.4 Å². The van der Waals surface area contributed by atoms with E-state index >= 15 is 0 Å². The van der Waals surface area contributed by atoms with Crippen LogP contribution in [0.15, 0.2) is 12.3 Å². The molecule has 62 valence electrons. The minimum absolute atomic E-state index is 0.820. The highest BCUT2D eigenvalue weighted by Gasteiger charge is 2.09. The molecule has 2 aromatic rings. The Balaban J connectivity index is 2.97. The first-order valence-corrected chi connectivity index (χ1v) is 6.17. The molecule has 0 radical (unpaired) electrons. The van der Waals surface area contributed by atoms with Crippen molar-refractivity contribution in [2.75, 3.05) is 0 Å². The summed E-state index contributed by atoms with van der Waals surface area (Å²) in [5, 5.41) is 0. The number of hydrogen-bond donors (Lipinski definition) is 0. The number of rotatable bonds is 0. The molecule has 2 heterocycles. The van der Waals surface area contributed by atoms with Crippen molar-refractivity contribution in [2.24, 2.45) is 0 Å². The van der Waals surface area contributed by atoms with Gasteiger partial charge in [-0.25, -0.2) is 9.97 Å². The number of hydrogen-bond acceptors (Lipinski definition) is 2. The zero-order chi connectivity index (χ0) is 8.72. The van der Waals surface area contributed by atoms with Crippen LogP contribution in [0.5, 0.6) is 0 Å². The van der Waals surface area contributed by atoms with Crippen molar-refractivity contribution >= 4 is 79.2 Å². The standard InChI is InChI=1S/C6H2I3N3/c7-3-1-2-10-5-4(3)12(9)6(8)11-5/h1-2H. The first-order valence-electron chi connectivity index (χ1n) is 3.05. The number of imidazole rings is 1. The summed E-state index contributed by atoms with van der Waals surface area (Å²) in [5.74, 6) is 0. The van der Waals surface area contributed by atoms with Crippen LogP contribution < -0.4 is 0 Å². The first-order chi connectivity index (χ1) is 5.70. The van der Waals surface area contributed by atoms with Crippen molar-refractivity contribution in [3.8, 4) is 0 Å². The maximum absolute atomic E-state index is 4.30. The molecular formula is C6H2I3N3. The molecule has 0 amide bonds. The Bertz CT molecular complexity index is 437. The van der Waals surface area contributed by atoms with Crippen molar-refractivity contribution in [1.29, 1.82) is 0 Å². The van der Waals surface area contributed by atoms with Gasteiger partial charge in [-0.05, 0) is 28.7 Å². The molecule has 0 fully saturated rings. The average Bonchev–Trinajstić information content (AvgIpc) is 2.29. The molecule has 0 spiro atoms. The van der Waals surface area contributed by atoms with Crippen molar-refractivity contribution < 1.29 is 0 Å². The van der Waals surface area contributed by atoms with E-state index in [1.54, 1.807) is 6.20 Å². The van der Waals surface area contributed by atoms with Gasteiger partial charge in [-0.15, -0.1) is 0 Å². The van der Waals surface area contributed by atoms with Gasteiger partial charge in [0.15, 0.2) is 9.48 Å². The molecule has 6 heteroatoms. The zero-order valence-electron chi connectivity index (χ0n) is 5.63. The molecule has 0 N–H and O–H groups in total. The van der Waals surface area contributed by atoms with Gasteiger partial charge in [-0.3, -0.25) is 2.78 Å². The predicted molar refractivity (Wildman–Crippen MR) is 72.4 cm³/mol. The summed E-state index contributed by atoms with van der Waals surface area (Å²) >= 11 is 6.71. The van der Waals surface area contributed by atoms with Crippen molar-refractivity contribution in [3.05, 3.63) is 19.7 Å². The van der Waals surface area contributed by atoms with Crippen LogP contribution >= 0.6 is 68.0 Å². The summed E-state index contributed by atoms with van der Waals surface area (Å²) in [5.41, 5.74) is 1.92. The summed E-state index contributed by atoms with van der Waals surface area (Å²) in [4.78, 5) is 8.48. The molecule has 12 heavy (non-hydrogen) atoms. The number of nitrogens with zero attached hydrogens (tertiary/aromatic N) is 3. The minimum Gasteiger partial charge on any atom is -0.257 e. The first kappa shape index (κ1) is 9.37. The Morgan fingerprint density at radius 3 is 2.75 bits per heavy atom. The fraction of sp³-hybridized carbons (Fsp3) is 0. The number of fused-ring (bicyclic) bond motifs is 1. The average molecular weight is 497 g/mol. The molecule has 2 rings (SSSR count). The highest BCUT2D eigenvalue weighted by molar-refractivity contribution is 14.1. The second-order valence-corrected chi connectivity index (χ2v) is 5.22. The molecule has 3 nitrogen and oxygen atoms in total. The van der Waals surface area contributed by atoms with Crippen LogP contribution in [0.2, 0.25) is 0 Å². The quantitative estimate of drug-likeness (QED) is 0.525. The lowest BCUT2D eigenvalue weighted by atomic mass is 10.4. The van der Waals surface area contributed by atoms with Crippen molar-refractivity contribution in [1.82, 2.24) is 12.7 Å². The summed E-state index contributed by atoms with van der Waals surface area (Å²) < 4.78 is 4.16. The van der Waals surface area contributed by atoms with E-state index in [-0.39, 0.29) is 0 Å². The zero-order valence-corrected chi connectivity index (χ0v) is 12.1. The van der Waals surface area contributed by atoms with Crippen molar-refractivity contribution in [2.45, 2.75) is 0 Å². The normalized spacial score (nSPS) is 10.9. The molecule has 0 bridgehead atoms. The Kier molecular flexibility index (Phi) is 2.75. The lowest BCUT2D eigenvalue weighted by molar-refractivity contribution is 1.22. The fourth-order valence-corrected chi connectivity index (χ4v) is 3.07. The van der Waals surface area contributed by atoms with Gasteiger partial charge in [0.25, 0.3) is 0 Å². The van der Waals surface area contributed by atoms with Crippen LogP contribution in [0.3, 0.4) is 0 Å². The van der Waals surface area contributed by atoms with E-state index in [9.17, 15) is 0 Å².